The highest BCUT2D eigenvalue weighted by molar-refractivity contribution is 6.30. The Kier molecular flexibility index (Phi) is 9.68. The fourth-order valence-corrected chi connectivity index (χ4v) is 2.52. The molecule has 4 heteroatoms. The smallest absolute Gasteiger partial charge is 0.0587 e. The van der Waals surface area contributed by atoms with Crippen LogP contribution in [0.25, 0.3) is 0 Å². The summed E-state index contributed by atoms with van der Waals surface area (Å²) in [6.07, 6.45) is 2.14. The number of rotatable bonds is 11. The molecule has 0 saturated carbocycles. The summed E-state index contributed by atoms with van der Waals surface area (Å²) in [6.45, 7) is 5.76. The molecule has 0 heterocycles. The lowest BCUT2D eigenvalue weighted by Crippen LogP contribution is -2.31. The maximum absolute atomic E-state index is 5.95. The van der Waals surface area contributed by atoms with Gasteiger partial charge in [0.2, 0.25) is 0 Å². The normalized spacial score (nSPS) is 14.1. The van der Waals surface area contributed by atoms with Crippen molar-refractivity contribution in [2.75, 3.05) is 40.5 Å². The molecule has 2 unspecified atom stereocenters. The molecule has 0 aliphatic rings. The highest BCUT2D eigenvalue weighted by Crippen LogP contribution is 2.21. The minimum atomic E-state index is 0.582. The van der Waals surface area contributed by atoms with Gasteiger partial charge in [0.15, 0.2) is 0 Å². The number of methoxy groups -OCH3 is 2. The first-order chi connectivity index (χ1) is 10.2. The fourth-order valence-electron chi connectivity index (χ4n) is 2.40. The molecular weight excluding hydrogens is 286 g/mol. The second-order valence-corrected chi connectivity index (χ2v) is 5.98. The van der Waals surface area contributed by atoms with Gasteiger partial charge >= 0.3 is 0 Å². The van der Waals surface area contributed by atoms with Crippen LogP contribution in [0.3, 0.4) is 0 Å². The zero-order chi connectivity index (χ0) is 15.5. The summed E-state index contributed by atoms with van der Waals surface area (Å²) in [5.41, 5.74) is 1.34. The van der Waals surface area contributed by atoms with Crippen molar-refractivity contribution >= 4 is 11.6 Å². The van der Waals surface area contributed by atoms with Crippen LogP contribution in [0.4, 0.5) is 0 Å². The predicted molar refractivity (Wildman–Crippen MR) is 89.0 cm³/mol. The van der Waals surface area contributed by atoms with E-state index in [0.717, 1.165) is 44.2 Å². The van der Waals surface area contributed by atoms with Gasteiger partial charge in [-0.1, -0.05) is 30.7 Å². The quantitative estimate of drug-likeness (QED) is 0.635. The Balaban J connectivity index is 2.54. The second kappa shape index (κ2) is 11.0. The first-order valence-electron chi connectivity index (χ1n) is 7.60. The van der Waals surface area contributed by atoms with Crippen LogP contribution in [-0.2, 0) is 15.9 Å². The summed E-state index contributed by atoms with van der Waals surface area (Å²) >= 11 is 5.95. The van der Waals surface area contributed by atoms with Crippen LogP contribution >= 0.6 is 11.6 Å². The zero-order valence-electron chi connectivity index (χ0n) is 13.4. The Labute approximate surface area is 134 Å². The second-order valence-electron chi connectivity index (χ2n) is 5.55. The maximum Gasteiger partial charge on any atom is 0.0587 e. The number of ether oxygens (including phenoxy) is 2. The molecule has 0 aromatic heterocycles. The van der Waals surface area contributed by atoms with Gasteiger partial charge in [0.05, 0.1) is 6.61 Å². The highest BCUT2D eigenvalue weighted by atomic mass is 35.5. The Morgan fingerprint density at radius 2 is 1.76 bits per heavy atom. The van der Waals surface area contributed by atoms with Crippen LogP contribution in [0.15, 0.2) is 24.3 Å². The van der Waals surface area contributed by atoms with Crippen molar-refractivity contribution in [2.24, 2.45) is 11.8 Å². The molecule has 0 aliphatic carbocycles. The van der Waals surface area contributed by atoms with E-state index in [2.05, 4.69) is 24.4 Å². The van der Waals surface area contributed by atoms with Gasteiger partial charge in [-0.25, -0.2) is 0 Å². The summed E-state index contributed by atoms with van der Waals surface area (Å²) in [4.78, 5) is 0. The van der Waals surface area contributed by atoms with Crippen molar-refractivity contribution in [3.05, 3.63) is 34.9 Å². The number of benzene rings is 1. The van der Waals surface area contributed by atoms with Gasteiger partial charge in [-0.3, -0.25) is 0 Å². The third kappa shape index (κ3) is 7.82. The van der Waals surface area contributed by atoms with Crippen LogP contribution in [0.5, 0.6) is 0 Å². The molecule has 0 spiro atoms. The van der Waals surface area contributed by atoms with E-state index in [1.54, 1.807) is 14.2 Å². The molecule has 0 radical (unpaired) electrons. The maximum atomic E-state index is 5.95. The third-order valence-electron chi connectivity index (χ3n) is 3.88. The minimum Gasteiger partial charge on any atom is -0.385 e. The van der Waals surface area contributed by atoms with Crippen molar-refractivity contribution < 1.29 is 9.47 Å². The van der Waals surface area contributed by atoms with E-state index >= 15 is 0 Å². The number of hydrogen-bond donors (Lipinski definition) is 1. The molecular formula is C17H28ClNO2. The van der Waals surface area contributed by atoms with E-state index in [-0.39, 0.29) is 0 Å². The molecule has 2 atom stereocenters. The van der Waals surface area contributed by atoms with Gasteiger partial charge in [-0.15, -0.1) is 0 Å². The first-order valence-corrected chi connectivity index (χ1v) is 7.98. The van der Waals surface area contributed by atoms with E-state index in [4.69, 9.17) is 21.1 Å². The van der Waals surface area contributed by atoms with Crippen molar-refractivity contribution in [2.45, 2.75) is 19.8 Å². The molecule has 120 valence electrons. The SMILES string of the molecule is COCCNCC(Cc1ccc(Cl)cc1)C(C)CCOC. The Morgan fingerprint density at radius 1 is 1.10 bits per heavy atom. The molecule has 0 saturated heterocycles. The number of nitrogens with one attached hydrogen (secondary N) is 1. The molecule has 0 amide bonds. The highest BCUT2D eigenvalue weighted by Gasteiger charge is 2.17. The summed E-state index contributed by atoms with van der Waals surface area (Å²) in [5, 5.41) is 4.28. The lowest BCUT2D eigenvalue weighted by molar-refractivity contribution is 0.161. The standard InChI is InChI=1S/C17H28ClNO2/c1-14(8-10-20-2)16(13-19-9-11-21-3)12-15-4-6-17(18)7-5-15/h4-7,14,16,19H,8-13H2,1-3H3. The van der Waals surface area contributed by atoms with Crippen LogP contribution in [-0.4, -0.2) is 40.5 Å². The van der Waals surface area contributed by atoms with E-state index in [9.17, 15) is 0 Å². The van der Waals surface area contributed by atoms with Crippen LogP contribution in [0, 0.1) is 11.8 Å². The Hall–Kier alpha value is -0.610. The fraction of sp³-hybridized carbons (Fsp3) is 0.647. The minimum absolute atomic E-state index is 0.582. The van der Waals surface area contributed by atoms with Crippen molar-refractivity contribution in [3.63, 3.8) is 0 Å². The first kappa shape index (κ1) is 18.4. The molecule has 0 bridgehead atoms. The van der Waals surface area contributed by atoms with Gasteiger partial charge < -0.3 is 14.8 Å². The molecule has 1 aromatic carbocycles. The Bertz CT molecular complexity index is 370. The molecule has 21 heavy (non-hydrogen) atoms. The average molecular weight is 314 g/mol. The topological polar surface area (TPSA) is 30.5 Å². The molecule has 1 N–H and O–H groups in total. The van der Waals surface area contributed by atoms with Crippen molar-refractivity contribution in [1.29, 1.82) is 0 Å². The summed E-state index contributed by atoms with van der Waals surface area (Å²) < 4.78 is 10.3. The van der Waals surface area contributed by atoms with Gasteiger partial charge in [-0.2, -0.15) is 0 Å². The third-order valence-corrected chi connectivity index (χ3v) is 4.13. The monoisotopic (exact) mass is 313 g/mol. The Morgan fingerprint density at radius 3 is 2.38 bits per heavy atom. The van der Waals surface area contributed by atoms with Gasteiger partial charge in [0, 0.05) is 32.4 Å². The largest absolute Gasteiger partial charge is 0.385 e. The summed E-state index contributed by atoms with van der Waals surface area (Å²) in [6, 6.07) is 8.17. The lowest BCUT2D eigenvalue weighted by Gasteiger charge is -2.24. The van der Waals surface area contributed by atoms with E-state index < -0.39 is 0 Å². The molecule has 1 aromatic rings. The molecule has 0 fully saturated rings. The number of hydrogen-bond acceptors (Lipinski definition) is 3. The average Bonchev–Trinajstić information content (AvgIpc) is 2.50. The lowest BCUT2D eigenvalue weighted by atomic mass is 9.86. The summed E-state index contributed by atoms with van der Waals surface area (Å²) in [5.74, 6) is 1.19. The van der Waals surface area contributed by atoms with Crippen LogP contribution < -0.4 is 5.32 Å². The van der Waals surface area contributed by atoms with Crippen molar-refractivity contribution in [3.8, 4) is 0 Å². The number of halogens is 1. The van der Waals surface area contributed by atoms with Gasteiger partial charge in [-0.05, 0) is 48.9 Å². The zero-order valence-corrected chi connectivity index (χ0v) is 14.2. The summed E-state index contributed by atoms with van der Waals surface area (Å²) in [7, 11) is 3.49. The van der Waals surface area contributed by atoms with Crippen LogP contribution in [0.1, 0.15) is 18.9 Å². The van der Waals surface area contributed by atoms with E-state index in [0.29, 0.717) is 11.8 Å². The molecule has 1 rings (SSSR count). The van der Waals surface area contributed by atoms with E-state index in [1.165, 1.54) is 5.56 Å². The molecule has 0 aliphatic heterocycles. The van der Waals surface area contributed by atoms with Crippen molar-refractivity contribution in [1.82, 2.24) is 5.32 Å². The van der Waals surface area contributed by atoms with E-state index in [1.807, 2.05) is 12.1 Å². The van der Waals surface area contributed by atoms with Crippen LogP contribution in [0.2, 0.25) is 5.02 Å². The predicted octanol–water partition coefficient (Wildman–Crippen LogP) is 3.41. The van der Waals surface area contributed by atoms with Gasteiger partial charge in [0.25, 0.3) is 0 Å². The van der Waals surface area contributed by atoms with Gasteiger partial charge in [0.1, 0.15) is 0 Å². The molecule has 3 nitrogen and oxygen atoms in total.